The van der Waals surface area contributed by atoms with E-state index in [4.69, 9.17) is 4.52 Å². The predicted octanol–water partition coefficient (Wildman–Crippen LogP) is 3.98. The van der Waals surface area contributed by atoms with Crippen LogP contribution in [0.2, 0.25) is 0 Å². The zero-order chi connectivity index (χ0) is 15.7. The number of carbonyl (C=O) groups is 1. The summed E-state index contributed by atoms with van der Waals surface area (Å²) in [6.45, 7) is 5.89. The molecule has 22 heavy (non-hydrogen) atoms. The van der Waals surface area contributed by atoms with Gasteiger partial charge in [0.1, 0.15) is 0 Å². The van der Waals surface area contributed by atoms with Gasteiger partial charge in [-0.05, 0) is 20.8 Å². The summed E-state index contributed by atoms with van der Waals surface area (Å²) in [7, 11) is 0. The highest BCUT2D eigenvalue weighted by Crippen LogP contribution is 2.23. The average molecular weight is 313 g/mol. The molecule has 0 atom stereocenters. The largest absolute Gasteiger partial charge is 0.355 e. The number of hydrogen-bond acceptors (Lipinski definition) is 5. The topological polar surface area (TPSA) is 68.0 Å². The molecule has 1 amide bonds. The van der Waals surface area contributed by atoms with Crippen LogP contribution >= 0.6 is 11.3 Å². The molecule has 6 heteroatoms. The SMILES string of the molecule is Cc1ccc(-c2cc(C(=O)Nc3nc(C)c(C)s3)no2)cc1. The highest BCUT2D eigenvalue weighted by molar-refractivity contribution is 7.15. The Hall–Kier alpha value is -2.47. The van der Waals surface area contributed by atoms with Gasteiger partial charge in [-0.15, -0.1) is 11.3 Å². The Kier molecular flexibility index (Phi) is 3.77. The Morgan fingerprint density at radius 2 is 1.91 bits per heavy atom. The second kappa shape index (κ2) is 5.73. The molecule has 0 radical (unpaired) electrons. The fraction of sp³-hybridized carbons (Fsp3) is 0.188. The summed E-state index contributed by atoms with van der Waals surface area (Å²) >= 11 is 1.44. The number of carbonyl (C=O) groups excluding carboxylic acids is 1. The number of hydrogen-bond donors (Lipinski definition) is 1. The van der Waals surface area contributed by atoms with Crippen molar-refractivity contribution in [3.8, 4) is 11.3 Å². The molecule has 0 aliphatic heterocycles. The molecule has 0 saturated carbocycles. The fourth-order valence-electron chi connectivity index (χ4n) is 1.92. The minimum absolute atomic E-state index is 0.237. The lowest BCUT2D eigenvalue weighted by Gasteiger charge is -1.96. The number of nitrogens with one attached hydrogen (secondary N) is 1. The molecule has 1 N–H and O–H groups in total. The molecule has 0 bridgehead atoms. The van der Waals surface area contributed by atoms with Gasteiger partial charge >= 0.3 is 0 Å². The zero-order valence-corrected chi connectivity index (χ0v) is 13.3. The molecule has 0 aliphatic rings. The first-order chi connectivity index (χ1) is 10.5. The van der Waals surface area contributed by atoms with Crippen LogP contribution in [0.4, 0.5) is 5.13 Å². The molecule has 0 unspecified atom stereocenters. The number of amides is 1. The minimum Gasteiger partial charge on any atom is -0.355 e. The summed E-state index contributed by atoms with van der Waals surface area (Å²) in [4.78, 5) is 17.5. The van der Waals surface area contributed by atoms with Crippen LogP contribution in [-0.2, 0) is 0 Å². The van der Waals surface area contributed by atoms with Crippen LogP contribution in [0.3, 0.4) is 0 Å². The predicted molar refractivity (Wildman–Crippen MR) is 86.2 cm³/mol. The van der Waals surface area contributed by atoms with E-state index in [0.29, 0.717) is 10.9 Å². The van der Waals surface area contributed by atoms with Crippen LogP contribution in [0.1, 0.15) is 26.6 Å². The normalized spacial score (nSPS) is 10.7. The van der Waals surface area contributed by atoms with Crippen molar-refractivity contribution >= 4 is 22.4 Å². The van der Waals surface area contributed by atoms with Crippen molar-refractivity contribution in [2.24, 2.45) is 0 Å². The van der Waals surface area contributed by atoms with Gasteiger partial charge in [-0.3, -0.25) is 10.1 Å². The van der Waals surface area contributed by atoms with Gasteiger partial charge in [0.2, 0.25) is 0 Å². The third kappa shape index (κ3) is 2.92. The van der Waals surface area contributed by atoms with Crippen LogP contribution < -0.4 is 5.32 Å². The summed E-state index contributed by atoms with van der Waals surface area (Å²) < 4.78 is 5.25. The maximum atomic E-state index is 12.2. The van der Waals surface area contributed by atoms with Crippen molar-refractivity contribution < 1.29 is 9.32 Å². The maximum absolute atomic E-state index is 12.2. The van der Waals surface area contributed by atoms with Crippen molar-refractivity contribution in [3.05, 3.63) is 52.2 Å². The number of nitrogens with zero attached hydrogens (tertiary/aromatic N) is 2. The maximum Gasteiger partial charge on any atom is 0.279 e. The number of aryl methyl sites for hydroxylation is 3. The highest BCUT2D eigenvalue weighted by atomic mass is 32.1. The molecule has 2 heterocycles. The van der Waals surface area contributed by atoms with E-state index >= 15 is 0 Å². The van der Waals surface area contributed by atoms with Gasteiger partial charge in [-0.2, -0.15) is 0 Å². The van der Waals surface area contributed by atoms with Crippen molar-refractivity contribution in [2.45, 2.75) is 20.8 Å². The first-order valence-electron chi connectivity index (χ1n) is 6.82. The van der Waals surface area contributed by atoms with E-state index in [1.807, 2.05) is 45.0 Å². The van der Waals surface area contributed by atoms with Crippen molar-refractivity contribution in [2.75, 3.05) is 5.32 Å². The molecule has 112 valence electrons. The van der Waals surface area contributed by atoms with Crippen LogP contribution in [0.15, 0.2) is 34.9 Å². The summed E-state index contributed by atoms with van der Waals surface area (Å²) in [5.74, 6) is 0.243. The monoisotopic (exact) mass is 313 g/mol. The highest BCUT2D eigenvalue weighted by Gasteiger charge is 2.15. The van der Waals surface area contributed by atoms with Gasteiger partial charge in [0.15, 0.2) is 16.6 Å². The summed E-state index contributed by atoms with van der Waals surface area (Å²) in [5.41, 5.74) is 3.20. The Morgan fingerprint density at radius 1 is 1.18 bits per heavy atom. The Bertz CT molecular complexity index is 799. The molecule has 0 fully saturated rings. The lowest BCUT2D eigenvalue weighted by Crippen LogP contribution is -2.11. The van der Waals surface area contributed by atoms with E-state index in [1.54, 1.807) is 6.07 Å². The van der Waals surface area contributed by atoms with E-state index in [9.17, 15) is 4.79 Å². The average Bonchev–Trinajstić information content (AvgIpc) is 3.08. The third-order valence-corrected chi connectivity index (χ3v) is 4.32. The molecule has 0 aliphatic carbocycles. The molecule has 2 aromatic heterocycles. The lowest BCUT2D eigenvalue weighted by atomic mass is 10.1. The van der Waals surface area contributed by atoms with E-state index in [0.717, 1.165) is 21.7 Å². The van der Waals surface area contributed by atoms with E-state index in [1.165, 1.54) is 11.3 Å². The quantitative estimate of drug-likeness (QED) is 0.794. The van der Waals surface area contributed by atoms with Crippen LogP contribution in [0.25, 0.3) is 11.3 Å². The fourth-order valence-corrected chi connectivity index (χ4v) is 2.73. The van der Waals surface area contributed by atoms with E-state index in [2.05, 4.69) is 15.5 Å². The summed E-state index contributed by atoms with van der Waals surface area (Å²) in [5, 5.41) is 7.14. The van der Waals surface area contributed by atoms with Crippen LogP contribution in [0.5, 0.6) is 0 Å². The Balaban J connectivity index is 1.78. The van der Waals surface area contributed by atoms with Crippen molar-refractivity contribution in [1.82, 2.24) is 10.1 Å². The zero-order valence-electron chi connectivity index (χ0n) is 12.5. The molecule has 1 aromatic carbocycles. The van der Waals surface area contributed by atoms with Gasteiger partial charge in [0, 0.05) is 16.5 Å². The van der Waals surface area contributed by atoms with Gasteiger partial charge in [0.25, 0.3) is 5.91 Å². The smallest absolute Gasteiger partial charge is 0.279 e. The molecular formula is C16H15N3O2S. The molecule has 3 rings (SSSR count). The van der Waals surface area contributed by atoms with Crippen LogP contribution in [-0.4, -0.2) is 16.0 Å². The Morgan fingerprint density at radius 3 is 2.55 bits per heavy atom. The molecule has 5 nitrogen and oxygen atoms in total. The second-order valence-corrected chi connectivity index (χ2v) is 6.26. The molecular weight excluding hydrogens is 298 g/mol. The van der Waals surface area contributed by atoms with Crippen LogP contribution in [0, 0.1) is 20.8 Å². The Labute approximate surface area is 132 Å². The van der Waals surface area contributed by atoms with Crippen molar-refractivity contribution in [3.63, 3.8) is 0 Å². The third-order valence-electron chi connectivity index (χ3n) is 3.33. The van der Waals surface area contributed by atoms with E-state index < -0.39 is 0 Å². The van der Waals surface area contributed by atoms with Crippen molar-refractivity contribution in [1.29, 1.82) is 0 Å². The lowest BCUT2D eigenvalue weighted by molar-refractivity contribution is 0.101. The number of aromatic nitrogens is 2. The first-order valence-corrected chi connectivity index (χ1v) is 7.64. The standard InChI is InChI=1S/C16H15N3O2S/c1-9-4-6-12(7-5-9)14-8-13(19-21-14)15(20)18-16-17-10(2)11(3)22-16/h4-8H,1-3H3,(H,17,18,20). The summed E-state index contributed by atoms with van der Waals surface area (Å²) in [6, 6.07) is 9.47. The number of thiazole rings is 1. The molecule has 0 saturated heterocycles. The second-order valence-electron chi connectivity index (χ2n) is 5.06. The number of benzene rings is 1. The minimum atomic E-state index is -0.323. The van der Waals surface area contributed by atoms with Gasteiger partial charge in [-0.1, -0.05) is 35.0 Å². The van der Waals surface area contributed by atoms with E-state index in [-0.39, 0.29) is 11.6 Å². The number of anilines is 1. The van der Waals surface area contributed by atoms with Gasteiger partial charge < -0.3 is 4.52 Å². The molecule has 3 aromatic rings. The van der Waals surface area contributed by atoms with Gasteiger partial charge in [0.05, 0.1) is 5.69 Å². The first kappa shape index (κ1) is 14.5. The van der Waals surface area contributed by atoms with Gasteiger partial charge in [-0.25, -0.2) is 4.98 Å². The molecule has 0 spiro atoms. The number of rotatable bonds is 3. The summed E-state index contributed by atoms with van der Waals surface area (Å²) in [6.07, 6.45) is 0.